The van der Waals surface area contributed by atoms with Crippen LogP contribution in [0.15, 0.2) is 30.3 Å². The first kappa shape index (κ1) is 18.0. The molecule has 2 aromatic heterocycles. The van der Waals surface area contributed by atoms with E-state index < -0.39 is 0 Å². The lowest BCUT2D eigenvalue weighted by molar-refractivity contribution is 0.103. The summed E-state index contributed by atoms with van der Waals surface area (Å²) in [4.78, 5) is 19.1. The number of hydrogen-bond donors (Lipinski definition) is 2. The second-order valence-electron chi connectivity index (χ2n) is 7.32. The monoisotopic (exact) mass is 379 g/mol. The molecule has 1 aliphatic carbocycles. The van der Waals surface area contributed by atoms with E-state index >= 15 is 0 Å². The molecule has 2 heterocycles. The zero-order chi connectivity index (χ0) is 19.0. The fourth-order valence-corrected chi connectivity index (χ4v) is 4.83. The third-order valence-corrected chi connectivity index (χ3v) is 6.68. The molecular weight excluding hydrogens is 354 g/mol. The molecular formula is C22H25N3OS. The number of thiophene rings is 1. The zero-order valence-corrected chi connectivity index (χ0v) is 16.7. The van der Waals surface area contributed by atoms with Crippen LogP contribution in [0.25, 0.3) is 10.2 Å². The Morgan fingerprint density at radius 2 is 2.19 bits per heavy atom. The van der Waals surface area contributed by atoms with Gasteiger partial charge < -0.3 is 11.1 Å². The van der Waals surface area contributed by atoms with Crippen molar-refractivity contribution in [3.8, 4) is 0 Å². The summed E-state index contributed by atoms with van der Waals surface area (Å²) in [5, 5.41) is 3.90. The number of nitrogens with one attached hydrogen (secondary N) is 1. The highest BCUT2D eigenvalue weighted by Crippen LogP contribution is 2.37. The predicted octanol–water partition coefficient (Wildman–Crippen LogP) is 5.21. The highest BCUT2D eigenvalue weighted by molar-refractivity contribution is 7.21. The minimum absolute atomic E-state index is 0.159. The predicted molar refractivity (Wildman–Crippen MR) is 114 cm³/mol. The maximum atomic E-state index is 12.8. The number of aryl methyl sites for hydroxylation is 2. The Morgan fingerprint density at radius 3 is 2.96 bits per heavy atom. The zero-order valence-electron chi connectivity index (χ0n) is 15.8. The fraction of sp³-hybridized carbons (Fsp3) is 0.364. The van der Waals surface area contributed by atoms with Crippen LogP contribution in [0.4, 0.5) is 11.4 Å². The van der Waals surface area contributed by atoms with Crippen molar-refractivity contribution >= 4 is 38.8 Å². The van der Waals surface area contributed by atoms with Crippen LogP contribution >= 0.6 is 11.3 Å². The van der Waals surface area contributed by atoms with Crippen molar-refractivity contribution in [1.82, 2.24) is 4.98 Å². The van der Waals surface area contributed by atoms with Gasteiger partial charge in [0.05, 0.1) is 5.69 Å². The largest absolute Gasteiger partial charge is 0.397 e. The number of nitrogens with two attached hydrogens (primary N) is 1. The lowest BCUT2D eigenvalue weighted by Gasteiger charge is -2.22. The van der Waals surface area contributed by atoms with Gasteiger partial charge >= 0.3 is 0 Å². The number of carbonyl (C=O) groups is 1. The van der Waals surface area contributed by atoms with Gasteiger partial charge in [-0.25, -0.2) is 4.98 Å². The van der Waals surface area contributed by atoms with Gasteiger partial charge in [-0.2, -0.15) is 0 Å². The number of amides is 1. The summed E-state index contributed by atoms with van der Waals surface area (Å²) in [5.74, 6) is 0.568. The minimum atomic E-state index is -0.159. The van der Waals surface area contributed by atoms with E-state index in [9.17, 15) is 4.79 Å². The second-order valence-corrected chi connectivity index (χ2v) is 8.32. The summed E-state index contributed by atoms with van der Waals surface area (Å²) >= 11 is 1.39. The van der Waals surface area contributed by atoms with Crippen LogP contribution < -0.4 is 11.1 Å². The lowest BCUT2D eigenvalue weighted by Crippen LogP contribution is -2.14. The summed E-state index contributed by atoms with van der Waals surface area (Å²) in [6, 6.07) is 10.1. The number of aromatic nitrogens is 1. The van der Waals surface area contributed by atoms with Crippen molar-refractivity contribution in [2.45, 2.75) is 46.0 Å². The summed E-state index contributed by atoms with van der Waals surface area (Å²) in [7, 11) is 0. The first-order valence-electron chi connectivity index (χ1n) is 9.70. The van der Waals surface area contributed by atoms with E-state index in [2.05, 4.69) is 31.3 Å². The van der Waals surface area contributed by atoms with Crippen molar-refractivity contribution < 1.29 is 4.79 Å². The Labute approximate surface area is 163 Å². The van der Waals surface area contributed by atoms with E-state index in [1.165, 1.54) is 41.0 Å². The minimum Gasteiger partial charge on any atom is -0.397 e. The molecule has 0 fully saturated rings. The maximum Gasteiger partial charge on any atom is 0.267 e. The second kappa shape index (κ2) is 7.31. The lowest BCUT2D eigenvalue weighted by atomic mass is 9.85. The van der Waals surface area contributed by atoms with Crippen LogP contribution in [-0.4, -0.2) is 10.9 Å². The van der Waals surface area contributed by atoms with Crippen molar-refractivity contribution in [2.24, 2.45) is 5.92 Å². The number of rotatable bonds is 4. The molecule has 3 N–H and O–H groups in total. The third kappa shape index (κ3) is 3.44. The molecule has 0 aliphatic heterocycles. The molecule has 0 bridgehead atoms. The topological polar surface area (TPSA) is 68.0 Å². The Hall–Kier alpha value is -2.40. The Kier molecular flexibility index (Phi) is 4.87. The molecule has 27 heavy (non-hydrogen) atoms. The van der Waals surface area contributed by atoms with Gasteiger partial charge in [-0.15, -0.1) is 11.3 Å². The number of benzene rings is 1. The smallest absolute Gasteiger partial charge is 0.267 e. The fourth-order valence-electron chi connectivity index (χ4n) is 3.84. The average Bonchev–Trinajstić information content (AvgIpc) is 3.01. The van der Waals surface area contributed by atoms with Crippen LogP contribution in [0.5, 0.6) is 0 Å². The SMILES string of the molecule is CCc1cccc(NC(=O)c2sc3nc4c(cc3c2N)C[C@H](CC)CC4)c1. The molecule has 1 amide bonds. The van der Waals surface area contributed by atoms with Crippen LogP contribution in [-0.2, 0) is 19.3 Å². The maximum absolute atomic E-state index is 12.8. The summed E-state index contributed by atoms with van der Waals surface area (Å²) in [5.41, 5.74) is 11.4. The molecule has 0 saturated carbocycles. The van der Waals surface area contributed by atoms with Gasteiger partial charge in [0.15, 0.2) is 0 Å². The number of anilines is 2. The Balaban J connectivity index is 1.66. The number of fused-ring (bicyclic) bond motifs is 2. The molecule has 0 unspecified atom stereocenters. The van der Waals surface area contributed by atoms with Gasteiger partial charge in [-0.3, -0.25) is 4.79 Å². The number of pyridine rings is 1. The number of nitrogens with zero attached hydrogens (tertiary/aromatic N) is 1. The first-order chi connectivity index (χ1) is 13.1. The third-order valence-electron chi connectivity index (χ3n) is 5.56. The van der Waals surface area contributed by atoms with Gasteiger partial charge in [-0.1, -0.05) is 32.4 Å². The van der Waals surface area contributed by atoms with E-state index in [0.717, 1.165) is 41.1 Å². The van der Waals surface area contributed by atoms with Crippen molar-refractivity contribution in [3.63, 3.8) is 0 Å². The van der Waals surface area contributed by atoms with Crippen LogP contribution in [0.2, 0.25) is 0 Å². The highest BCUT2D eigenvalue weighted by Gasteiger charge is 2.23. The molecule has 3 aromatic rings. The average molecular weight is 380 g/mol. The van der Waals surface area contributed by atoms with Gasteiger partial charge in [0.25, 0.3) is 5.91 Å². The van der Waals surface area contributed by atoms with Gasteiger partial charge in [-0.05, 0) is 60.9 Å². The number of hydrogen-bond acceptors (Lipinski definition) is 4. The van der Waals surface area contributed by atoms with Crippen molar-refractivity contribution in [2.75, 3.05) is 11.1 Å². The molecule has 140 valence electrons. The molecule has 0 spiro atoms. The van der Waals surface area contributed by atoms with Crippen molar-refractivity contribution in [3.05, 3.63) is 52.0 Å². The molecule has 5 heteroatoms. The van der Waals surface area contributed by atoms with E-state index in [4.69, 9.17) is 10.7 Å². The quantitative estimate of drug-likeness (QED) is 0.654. The summed E-state index contributed by atoms with van der Waals surface area (Å²) in [6.07, 6.45) is 5.41. The van der Waals surface area contributed by atoms with Gasteiger partial charge in [0.2, 0.25) is 0 Å². The Morgan fingerprint density at radius 1 is 1.33 bits per heavy atom. The van der Waals surface area contributed by atoms with Gasteiger partial charge in [0, 0.05) is 16.8 Å². The first-order valence-corrected chi connectivity index (χ1v) is 10.5. The molecule has 0 radical (unpaired) electrons. The highest BCUT2D eigenvalue weighted by atomic mass is 32.1. The van der Waals surface area contributed by atoms with E-state index in [1.54, 1.807) is 0 Å². The molecule has 1 aromatic carbocycles. The van der Waals surface area contributed by atoms with E-state index in [0.29, 0.717) is 10.6 Å². The number of nitrogen functional groups attached to an aromatic ring is 1. The Bertz CT molecular complexity index is 1010. The summed E-state index contributed by atoms with van der Waals surface area (Å²) < 4.78 is 0. The van der Waals surface area contributed by atoms with E-state index in [1.807, 2.05) is 18.2 Å². The van der Waals surface area contributed by atoms with Crippen LogP contribution in [0.3, 0.4) is 0 Å². The molecule has 4 nitrogen and oxygen atoms in total. The number of carbonyl (C=O) groups excluding carboxylic acids is 1. The van der Waals surface area contributed by atoms with E-state index in [-0.39, 0.29) is 5.91 Å². The standard InChI is InChI=1S/C22H25N3OS/c1-3-13-6-5-7-16(11-13)24-21(26)20-19(23)17-12-15-10-14(4-2)8-9-18(15)25-22(17)27-20/h5-7,11-12,14H,3-4,8-10,23H2,1-2H3,(H,24,26)/t14-/m1/s1. The van der Waals surface area contributed by atoms with Crippen molar-refractivity contribution in [1.29, 1.82) is 0 Å². The molecule has 1 aliphatic rings. The van der Waals surface area contributed by atoms with Crippen LogP contribution in [0, 0.1) is 5.92 Å². The summed E-state index contributed by atoms with van der Waals surface area (Å²) in [6.45, 7) is 4.35. The normalized spacial score (nSPS) is 16.3. The van der Waals surface area contributed by atoms with Crippen LogP contribution in [0.1, 0.15) is 53.2 Å². The molecule has 1 atom stereocenters. The van der Waals surface area contributed by atoms with Gasteiger partial charge in [0.1, 0.15) is 9.71 Å². The molecule has 4 rings (SSSR count). The molecule has 0 saturated heterocycles.